The van der Waals surface area contributed by atoms with Gasteiger partial charge in [-0.2, -0.15) is 0 Å². The van der Waals surface area contributed by atoms with Gasteiger partial charge in [0.2, 0.25) is 0 Å². The maximum atomic E-state index is 9.68. The molecule has 2 aromatic heterocycles. The molecular formula is C22H26N6O. The zero-order valence-electron chi connectivity index (χ0n) is 16.6. The second-order valence-electron chi connectivity index (χ2n) is 6.80. The predicted molar refractivity (Wildman–Crippen MR) is 116 cm³/mol. The quantitative estimate of drug-likeness (QED) is 0.362. The number of nitrogens with two attached hydrogens (primary N) is 2. The molecule has 0 amide bonds. The number of anilines is 1. The van der Waals surface area contributed by atoms with Crippen LogP contribution in [0.25, 0.3) is 5.70 Å². The Morgan fingerprint density at radius 3 is 2.48 bits per heavy atom. The fourth-order valence-electron chi connectivity index (χ4n) is 2.92. The molecular weight excluding hydrogens is 364 g/mol. The summed E-state index contributed by atoms with van der Waals surface area (Å²) in [5.41, 5.74) is 10.6. The van der Waals surface area contributed by atoms with Crippen LogP contribution in [-0.4, -0.2) is 33.7 Å². The van der Waals surface area contributed by atoms with Gasteiger partial charge < -0.3 is 21.2 Å². The van der Waals surface area contributed by atoms with Gasteiger partial charge in [0, 0.05) is 19.2 Å². The smallest absolute Gasteiger partial charge is 0.136 e. The molecule has 3 rings (SSSR count). The number of likely N-dealkylation sites (N-methyl/N-ethyl adjacent to an activating group) is 1. The lowest BCUT2D eigenvalue weighted by molar-refractivity contribution is 0.438. The molecule has 29 heavy (non-hydrogen) atoms. The minimum absolute atomic E-state index is 0.127. The molecule has 0 radical (unpaired) electrons. The molecule has 7 heteroatoms. The fraction of sp³-hybridized carbons (Fsp3) is 0.182. The fourth-order valence-corrected chi connectivity index (χ4v) is 2.92. The molecule has 0 saturated heterocycles. The summed E-state index contributed by atoms with van der Waals surface area (Å²) >= 11 is 0. The van der Waals surface area contributed by atoms with Crippen molar-refractivity contribution in [1.29, 1.82) is 0 Å². The number of hydrazine groups is 1. The molecule has 0 atom stereocenters. The lowest BCUT2D eigenvalue weighted by Crippen LogP contribution is -2.32. The maximum absolute atomic E-state index is 9.68. The first-order valence-electron chi connectivity index (χ1n) is 9.32. The molecule has 0 aliphatic rings. The molecule has 6 N–H and O–H groups in total. The van der Waals surface area contributed by atoms with Gasteiger partial charge in [-0.15, -0.1) is 0 Å². The summed E-state index contributed by atoms with van der Waals surface area (Å²) in [5.74, 6) is 6.86. The Labute approximate surface area is 170 Å². The highest BCUT2D eigenvalue weighted by molar-refractivity contribution is 5.64. The average molecular weight is 390 g/mol. The Balaban J connectivity index is 1.77. The van der Waals surface area contributed by atoms with E-state index in [9.17, 15) is 5.11 Å². The number of rotatable bonds is 7. The van der Waals surface area contributed by atoms with Gasteiger partial charge in [-0.25, -0.2) is 15.8 Å². The van der Waals surface area contributed by atoms with Crippen molar-refractivity contribution in [2.24, 2.45) is 11.6 Å². The summed E-state index contributed by atoms with van der Waals surface area (Å²) in [6.45, 7) is 2.10. The van der Waals surface area contributed by atoms with E-state index < -0.39 is 0 Å². The van der Waals surface area contributed by atoms with Gasteiger partial charge in [0.1, 0.15) is 11.6 Å². The van der Waals surface area contributed by atoms with E-state index in [0.717, 1.165) is 17.9 Å². The molecule has 0 aliphatic heterocycles. The normalized spacial score (nSPS) is 11.7. The summed E-state index contributed by atoms with van der Waals surface area (Å²) in [6, 6.07) is 19.3. The van der Waals surface area contributed by atoms with Crippen LogP contribution in [0.5, 0.6) is 5.75 Å². The Bertz CT molecular complexity index is 1000. The van der Waals surface area contributed by atoms with Gasteiger partial charge in [0.05, 0.1) is 29.3 Å². The van der Waals surface area contributed by atoms with Crippen molar-refractivity contribution >= 4 is 11.5 Å². The molecule has 0 bridgehead atoms. The highest BCUT2D eigenvalue weighted by atomic mass is 16.3. The third-order valence-electron chi connectivity index (χ3n) is 4.54. The summed E-state index contributed by atoms with van der Waals surface area (Å²) in [7, 11) is 1.72. The molecule has 1 aromatic carbocycles. The first kappa shape index (κ1) is 20.2. The molecule has 7 nitrogen and oxygen atoms in total. The van der Waals surface area contributed by atoms with E-state index in [4.69, 9.17) is 11.6 Å². The van der Waals surface area contributed by atoms with Crippen LogP contribution >= 0.6 is 0 Å². The molecule has 0 fully saturated rings. The Morgan fingerprint density at radius 1 is 1.03 bits per heavy atom. The van der Waals surface area contributed by atoms with Crippen molar-refractivity contribution < 1.29 is 5.11 Å². The monoisotopic (exact) mass is 390 g/mol. The van der Waals surface area contributed by atoms with Crippen LogP contribution in [0.1, 0.15) is 22.6 Å². The van der Waals surface area contributed by atoms with Gasteiger partial charge in [-0.3, -0.25) is 0 Å². The zero-order chi connectivity index (χ0) is 20.8. The number of pyridine rings is 2. The number of aromatic hydroxyl groups is 1. The minimum atomic E-state index is 0.127. The van der Waals surface area contributed by atoms with Gasteiger partial charge in [-0.05, 0) is 36.8 Å². The Kier molecular flexibility index (Phi) is 6.31. The number of aryl methyl sites for hydroxylation is 1. The van der Waals surface area contributed by atoms with E-state index in [1.165, 1.54) is 10.6 Å². The number of nitrogens with one attached hydrogen (secondary N) is 1. The first-order valence-corrected chi connectivity index (χ1v) is 9.32. The number of hydrogen-bond acceptors (Lipinski definition) is 7. The predicted octanol–water partition coefficient (Wildman–Crippen LogP) is 2.63. The highest BCUT2D eigenvalue weighted by Crippen LogP contribution is 2.19. The van der Waals surface area contributed by atoms with Gasteiger partial charge in [-0.1, -0.05) is 36.4 Å². The van der Waals surface area contributed by atoms with Crippen LogP contribution in [0, 0.1) is 6.92 Å². The molecule has 0 unspecified atom stereocenters. The summed E-state index contributed by atoms with van der Waals surface area (Å²) in [5, 5.41) is 14.4. The van der Waals surface area contributed by atoms with Crippen molar-refractivity contribution in [1.82, 2.24) is 15.0 Å². The maximum Gasteiger partial charge on any atom is 0.136 e. The van der Waals surface area contributed by atoms with Crippen molar-refractivity contribution in [2.75, 3.05) is 18.9 Å². The number of benzene rings is 1. The number of hydrogen-bond donors (Lipinski definition) is 4. The van der Waals surface area contributed by atoms with Crippen LogP contribution in [0.2, 0.25) is 0 Å². The van der Waals surface area contributed by atoms with Crippen molar-refractivity contribution in [3.05, 3.63) is 89.0 Å². The number of nitrogens with zero attached hydrogens (tertiary/aromatic N) is 3. The van der Waals surface area contributed by atoms with E-state index in [0.29, 0.717) is 29.3 Å². The second-order valence-corrected chi connectivity index (χ2v) is 6.80. The Morgan fingerprint density at radius 2 is 1.79 bits per heavy atom. The largest absolute Gasteiger partial charge is 0.506 e. The van der Waals surface area contributed by atoms with Gasteiger partial charge in [0.15, 0.2) is 0 Å². The summed E-state index contributed by atoms with van der Waals surface area (Å²) < 4.78 is 0. The first-order chi connectivity index (χ1) is 13.9. The van der Waals surface area contributed by atoms with Gasteiger partial charge in [0.25, 0.3) is 0 Å². The van der Waals surface area contributed by atoms with Crippen molar-refractivity contribution in [3.8, 4) is 5.75 Å². The Hall–Kier alpha value is -3.58. The second kappa shape index (κ2) is 9.07. The number of aromatic nitrogens is 2. The van der Waals surface area contributed by atoms with E-state index in [2.05, 4.69) is 27.4 Å². The molecule has 150 valence electrons. The van der Waals surface area contributed by atoms with E-state index in [1.54, 1.807) is 26.1 Å². The topological polar surface area (TPSA) is 113 Å². The van der Waals surface area contributed by atoms with E-state index in [1.807, 2.05) is 36.4 Å². The van der Waals surface area contributed by atoms with Crippen LogP contribution in [0.15, 0.2) is 66.4 Å². The average Bonchev–Trinajstić information content (AvgIpc) is 2.71. The summed E-state index contributed by atoms with van der Waals surface area (Å²) in [4.78, 5) is 9.01. The van der Waals surface area contributed by atoms with Crippen LogP contribution in [-0.2, 0) is 6.42 Å². The standard InChI is InChI=1S/C22H26N6O/c1-15-20(29)12-11-18(26-15)22(23)19(28(2)24)14-25-21-10-6-9-17(27-21)13-16-7-4-3-5-8-16/h3-12,29H,13-14,23-24H2,1-2H3,(H,25,27)/b22-19-. The third kappa shape index (κ3) is 5.24. The minimum Gasteiger partial charge on any atom is -0.506 e. The third-order valence-corrected chi connectivity index (χ3v) is 4.54. The lowest BCUT2D eigenvalue weighted by atomic mass is 10.1. The van der Waals surface area contributed by atoms with Crippen LogP contribution in [0.3, 0.4) is 0 Å². The van der Waals surface area contributed by atoms with Gasteiger partial charge >= 0.3 is 0 Å². The van der Waals surface area contributed by atoms with Crippen LogP contribution in [0.4, 0.5) is 5.82 Å². The lowest BCUT2D eigenvalue weighted by Gasteiger charge is -2.20. The molecule has 2 heterocycles. The highest BCUT2D eigenvalue weighted by Gasteiger charge is 2.12. The van der Waals surface area contributed by atoms with E-state index in [-0.39, 0.29) is 5.75 Å². The SMILES string of the molecule is Cc1nc(/C(N)=C(\CNc2cccc(Cc3ccccc3)n2)N(C)N)ccc1O. The van der Waals surface area contributed by atoms with Crippen LogP contribution < -0.4 is 16.9 Å². The van der Waals surface area contributed by atoms with E-state index >= 15 is 0 Å². The van der Waals surface area contributed by atoms with Crippen molar-refractivity contribution in [2.45, 2.75) is 13.3 Å². The zero-order valence-corrected chi connectivity index (χ0v) is 16.6. The molecule has 3 aromatic rings. The molecule has 0 saturated carbocycles. The molecule has 0 spiro atoms. The summed E-state index contributed by atoms with van der Waals surface area (Å²) in [6.07, 6.45) is 0.759. The molecule has 0 aliphatic carbocycles. The van der Waals surface area contributed by atoms with Crippen molar-refractivity contribution in [3.63, 3.8) is 0 Å².